The fourth-order valence-electron chi connectivity index (χ4n) is 2.27. The molecule has 0 bridgehead atoms. The molecule has 0 aliphatic rings. The van der Waals surface area contributed by atoms with Crippen molar-refractivity contribution in [3.8, 4) is 5.69 Å². The molecule has 0 aliphatic carbocycles. The zero-order valence-electron chi connectivity index (χ0n) is 12.4. The van der Waals surface area contributed by atoms with Crippen LogP contribution in [-0.2, 0) is 9.53 Å². The molecule has 2 unspecified atom stereocenters. The summed E-state index contributed by atoms with van der Waals surface area (Å²) in [6.45, 7) is 2.00. The van der Waals surface area contributed by atoms with Gasteiger partial charge in [0.05, 0.1) is 19.0 Å². The zero-order valence-corrected chi connectivity index (χ0v) is 12.4. The van der Waals surface area contributed by atoms with Gasteiger partial charge in [-0.15, -0.1) is 0 Å². The molecule has 2 aromatic rings. The molecule has 0 spiro atoms. The van der Waals surface area contributed by atoms with Crippen LogP contribution in [-0.4, -0.2) is 22.9 Å². The van der Waals surface area contributed by atoms with Gasteiger partial charge in [-0.25, -0.2) is 4.68 Å². The molecule has 1 aromatic heterocycles. The minimum absolute atomic E-state index is 0.137. The third-order valence-electron chi connectivity index (χ3n) is 3.45. The molecule has 5 heteroatoms. The van der Waals surface area contributed by atoms with Crippen molar-refractivity contribution in [2.75, 3.05) is 7.11 Å². The minimum Gasteiger partial charge on any atom is -0.469 e. The first kappa shape index (κ1) is 15.3. The van der Waals surface area contributed by atoms with Crippen molar-refractivity contribution >= 4 is 5.97 Å². The van der Waals surface area contributed by atoms with E-state index in [0.717, 1.165) is 17.7 Å². The number of benzene rings is 1. The fraction of sp³-hybridized carbons (Fsp3) is 0.375. The molecule has 0 radical (unpaired) electrons. The van der Waals surface area contributed by atoms with Crippen molar-refractivity contribution in [3.05, 3.63) is 48.3 Å². The average Bonchev–Trinajstić information content (AvgIpc) is 2.97. The quantitative estimate of drug-likeness (QED) is 0.829. The highest BCUT2D eigenvalue weighted by Crippen LogP contribution is 2.21. The maximum Gasteiger partial charge on any atom is 0.305 e. The molecule has 0 amide bonds. The third kappa shape index (κ3) is 4.16. The topological polar surface area (TPSA) is 70.1 Å². The molecule has 5 nitrogen and oxygen atoms in total. The van der Waals surface area contributed by atoms with Gasteiger partial charge in [0, 0.05) is 24.2 Å². The first-order valence-corrected chi connectivity index (χ1v) is 7.02. The highest BCUT2D eigenvalue weighted by molar-refractivity contribution is 5.69. The van der Waals surface area contributed by atoms with Gasteiger partial charge in [0.2, 0.25) is 0 Å². The minimum atomic E-state index is -0.199. The Hall–Kier alpha value is -2.14. The molecule has 2 rings (SSSR count). The molecule has 112 valence electrons. The summed E-state index contributed by atoms with van der Waals surface area (Å²) in [6.07, 6.45) is 4.82. The van der Waals surface area contributed by atoms with E-state index in [0.29, 0.717) is 6.42 Å². The van der Waals surface area contributed by atoms with E-state index in [1.165, 1.54) is 7.11 Å². The van der Waals surface area contributed by atoms with Crippen molar-refractivity contribution < 1.29 is 9.53 Å². The van der Waals surface area contributed by atoms with Crippen molar-refractivity contribution in [3.63, 3.8) is 0 Å². The predicted octanol–water partition coefficient (Wildman–Crippen LogP) is 2.46. The van der Waals surface area contributed by atoms with E-state index >= 15 is 0 Å². The Kier molecular flexibility index (Phi) is 5.11. The van der Waals surface area contributed by atoms with Crippen LogP contribution in [0.2, 0.25) is 0 Å². The Morgan fingerprint density at radius 3 is 2.76 bits per heavy atom. The highest BCUT2D eigenvalue weighted by atomic mass is 16.5. The lowest BCUT2D eigenvalue weighted by atomic mass is 9.96. The molecule has 0 saturated carbocycles. The maximum atomic E-state index is 11.2. The van der Waals surface area contributed by atoms with Crippen LogP contribution in [0.5, 0.6) is 0 Å². The standard InChI is InChI=1S/C16H21N3O2/c1-12(9-16(20)21-2)8-15(17)13-10-18-19(11-13)14-6-4-3-5-7-14/h3-7,10-12,15H,8-9,17H2,1-2H3. The number of hydrogen-bond acceptors (Lipinski definition) is 4. The molecule has 2 atom stereocenters. The second kappa shape index (κ2) is 7.04. The number of ether oxygens (including phenoxy) is 1. The zero-order chi connectivity index (χ0) is 15.2. The molecule has 1 heterocycles. The van der Waals surface area contributed by atoms with Crippen molar-refractivity contribution in [2.45, 2.75) is 25.8 Å². The van der Waals surface area contributed by atoms with Gasteiger partial charge in [0.15, 0.2) is 0 Å². The number of methoxy groups -OCH3 is 1. The average molecular weight is 287 g/mol. The lowest BCUT2D eigenvalue weighted by molar-refractivity contribution is -0.141. The van der Waals surface area contributed by atoms with E-state index in [4.69, 9.17) is 5.73 Å². The molecular formula is C16H21N3O2. The van der Waals surface area contributed by atoms with Gasteiger partial charge in [0.25, 0.3) is 0 Å². The monoisotopic (exact) mass is 287 g/mol. The summed E-state index contributed by atoms with van der Waals surface area (Å²) in [7, 11) is 1.40. The Balaban J connectivity index is 1.99. The van der Waals surface area contributed by atoms with Gasteiger partial charge in [0.1, 0.15) is 0 Å². The van der Waals surface area contributed by atoms with Gasteiger partial charge in [-0.3, -0.25) is 4.79 Å². The normalized spacial score (nSPS) is 13.7. The van der Waals surface area contributed by atoms with Crippen molar-refractivity contribution in [2.24, 2.45) is 11.7 Å². The van der Waals surface area contributed by atoms with Crippen LogP contribution >= 0.6 is 0 Å². The van der Waals surface area contributed by atoms with Crippen LogP contribution in [0, 0.1) is 5.92 Å². The summed E-state index contributed by atoms with van der Waals surface area (Å²) in [5.74, 6) is -0.0257. The van der Waals surface area contributed by atoms with Crippen LogP contribution in [0.4, 0.5) is 0 Å². The summed E-state index contributed by atoms with van der Waals surface area (Å²) in [5.41, 5.74) is 8.17. The predicted molar refractivity (Wildman–Crippen MR) is 80.9 cm³/mol. The second-order valence-corrected chi connectivity index (χ2v) is 5.28. The number of hydrogen-bond donors (Lipinski definition) is 1. The van der Waals surface area contributed by atoms with Gasteiger partial charge in [-0.1, -0.05) is 25.1 Å². The number of esters is 1. The molecule has 0 aliphatic heterocycles. The van der Waals surface area contributed by atoms with Gasteiger partial charge in [-0.2, -0.15) is 5.10 Å². The Morgan fingerprint density at radius 1 is 1.38 bits per heavy atom. The van der Waals surface area contributed by atoms with E-state index in [1.54, 1.807) is 10.9 Å². The van der Waals surface area contributed by atoms with E-state index in [2.05, 4.69) is 9.84 Å². The number of carbonyl (C=O) groups excluding carboxylic acids is 1. The highest BCUT2D eigenvalue weighted by Gasteiger charge is 2.16. The summed E-state index contributed by atoms with van der Waals surface area (Å²) >= 11 is 0. The van der Waals surface area contributed by atoms with E-state index in [1.807, 2.05) is 43.5 Å². The van der Waals surface area contributed by atoms with Crippen LogP contribution in [0.1, 0.15) is 31.4 Å². The van der Waals surface area contributed by atoms with E-state index < -0.39 is 0 Å². The number of para-hydroxylation sites is 1. The Labute approximate surface area is 124 Å². The van der Waals surface area contributed by atoms with Gasteiger partial charge >= 0.3 is 5.97 Å². The first-order valence-electron chi connectivity index (χ1n) is 7.02. The van der Waals surface area contributed by atoms with Crippen LogP contribution in [0.25, 0.3) is 5.69 Å². The SMILES string of the molecule is COC(=O)CC(C)CC(N)c1cnn(-c2ccccc2)c1. The lowest BCUT2D eigenvalue weighted by Crippen LogP contribution is -2.16. The number of rotatable bonds is 6. The largest absolute Gasteiger partial charge is 0.469 e. The summed E-state index contributed by atoms with van der Waals surface area (Å²) < 4.78 is 6.48. The third-order valence-corrected chi connectivity index (χ3v) is 3.45. The van der Waals surface area contributed by atoms with Crippen molar-refractivity contribution in [1.82, 2.24) is 9.78 Å². The second-order valence-electron chi connectivity index (χ2n) is 5.28. The molecule has 1 aromatic carbocycles. The van der Waals surface area contributed by atoms with Gasteiger partial charge in [-0.05, 0) is 24.5 Å². The summed E-state index contributed by atoms with van der Waals surface area (Å²) in [5, 5.41) is 4.34. The summed E-state index contributed by atoms with van der Waals surface area (Å²) in [6, 6.07) is 9.74. The number of carbonyl (C=O) groups is 1. The van der Waals surface area contributed by atoms with E-state index in [-0.39, 0.29) is 17.9 Å². The Morgan fingerprint density at radius 2 is 2.10 bits per heavy atom. The number of nitrogens with zero attached hydrogens (tertiary/aromatic N) is 2. The van der Waals surface area contributed by atoms with Crippen LogP contribution in [0.15, 0.2) is 42.7 Å². The van der Waals surface area contributed by atoms with Crippen LogP contribution < -0.4 is 5.73 Å². The number of nitrogens with two attached hydrogens (primary N) is 1. The van der Waals surface area contributed by atoms with Crippen LogP contribution in [0.3, 0.4) is 0 Å². The first-order chi connectivity index (χ1) is 10.1. The maximum absolute atomic E-state index is 11.2. The van der Waals surface area contributed by atoms with Gasteiger partial charge < -0.3 is 10.5 Å². The fourth-order valence-corrected chi connectivity index (χ4v) is 2.27. The lowest BCUT2D eigenvalue weighted by Gasteiger charge is -2.15. The molecule has 0 saturated heterocycles. The molecular weight excluding hydrogens is 266 g/mol. The summed E-state index contributed by atoms with van der Waals surface area (Å²) in [4.78, 5) is 11.2. The smallest absolute Gasteiger partial charge is 0.305 e. The Bertz CT molecular complexity index is 580. The number of aromatic nitrogens is 2. The van der Waals surface area contributed by atoms with E-state index in [9.17, 15) is 4.79 Å². The molecule has 2 N–H and O–H groups in total. The molecule has 21 heavy (non-hydrogen) atoms. The molecule has 0 fully saturated rings. The van der Waals surface area contributed by atoms with Crippen molar-refractivity contribution in [1.29, 1.82) is 0 Å².